The summed E-state index contributed by atoms with van der Waals surface area (Å²) in [4.78, 5) is 6.41. The van der Waals surface area contributed by atoms with E-state index in [1.54, 1.807) is 0 Å². The van der Waals surface area contributed by atoms with E-state index in [1.165, 1.54) is 0 Å². The molecule has 2 heterocycles. The Morgan fingerprint density at radius 1 is 1.33 bits per heavy atom. The van der Waals surface area contributed by atoms with E-state index in [2.05, 4.69) is 23.2 Å². The zero-order valence-corrected chi connectivity index (χ0v) is 12.7. The third kappa shape index (κ3) is 2.74. The van der Waals surface area contributed by atoms with Crippen molar-refractivity contribution in [3.05, 3.63) is 47.2 Å². The number of aryl methyl sites for hydroxylation is 1. The second-order valence-corrected chi connectivity index (χ2v) is 5.53. The maximum atomic E-state index is 6.06. The number of rotatable bonds is 4. The molecule has 2 N–H and O–H groups in total. The number of hydrogen-bond acceptors (Lipinski definition) is 4. The number of nitrogens with two attached hydrogens (primary N) is 1. The first kappa shape index (κ1) is 13.9. The third-order valence-electron chi connectivity index (χ3n) is 3.58. The summed E-state index contributed by atoms with van der Waals surface area (Å²) in [6.45, 7) is 3.70. The number of anilines is 1. The minimum atomic E-state index is 0.0942. The van der Waals surface area contributed by atoms with Crippen LogP contribution in [0.15, 0.2) is 41.7 Å². The zero-order chi connectivity index (χ0) is 14.8. The van der Waals surface area contributed by atoms with Crippen molar-refractivity contribution in [1.82, 2.24) is 9.78 Å². The van der Waals surface area contributed by atoms with Crippen LogP contribution in [-0.2, 0) is 6.54 Å². The van der Waals surface area contributed by atoms with Gasteiger partial charge in [0.1, 0.15) is 0 Å². The average Bonchev–Trinajstić information content (AvgIpc) is 3.07. The summed E-state index contributed by atoms with van der Waals surface area (Å²) >= 11 is 5.95. The SMILES string of the molecule is CCCn1cc(C2CN=C(N)N2c2ccc(Cl)cc2)cn1. The monoisotopic (exact) mass is 303 g/mol. The number of aliphatic imine (C=N–C) groups is 1. The zero-order valence-electron chi connectivity index (χ0n) is 11.9. The van der Waals surface area contributed by atoms with Gasteiger partial charge in [0.05, 0.1) is 18.8 Å². The molecule has 3 rings (SSSR count). The molecule has 1 unspecified atom stereocenters. The Morgan fingerprint density at radius 2 is 2.10 bits per heavy atom. The van der Waals surface area contributed by atoms with Crippen LogP contribution >= 0.6 is 11.6 Å². The van der Waals surface area contributed by atoms with E-state index < -0.39 is 0 Å². The van der Waals surface area contributed by atoms with Crippen LogP contribution in [0.3, 0.4) is 0 Å². The van der Waals surface area contributed by atoms with Crippen molar-refractivity contribution in [2.24, 2.45) is 10.7 Å². The molecule has 1 atom stereocenters. The van der Waals surface area contributed by atoms with E-state index in [0.29, 0.717) is 17.5 Å². The van der Waals surface area contributed by atoms with Gasteiger partial charge in [-0.3, -0.25) is 9.67 Å². The lowest BCUT2D eigenvalue weighted by Crippen LogP contribution is -2.35. The van der Waals surface area contributed by atoms with Crippen LogP contribution in [0.5, 0.6) is 0 Å². The van der Waals surface area contributed by atoms with Gasteiger partial charge >= 0.3 is 0 Å². The summed E-state index contributed by atoms with van der Waals surface area (Å²) in [5.41, 5.74) is 8.18. The Balaban J connectivity index is 1.89. The third-order valence-corrected chi connectivity index (χ3v) is 3.83. The normalized spacial score (nSPS) is 18.1. The number of halogens is 1. The highest BCUT2D eigenvalue weighted by atomic mass is 35.5. The number of guanidine groups is 1. The van der Waals surface area contributed by atoms with E-state index >= 15 is 0 Å². The van der Waals surface area contributed by atoms with Crippen LogP contribution in [0, 0.1) is 0 Å². The lowest BCUT2D eigenvalue weighted by molar-refractivity contribution is 0.601. The Labute approximate surface area is 129 Å². The first-order valence-corrected chi connectivity index (χ1v) is 7.44. The fourth-order valence-electron chi connectivity index (χ4n) is 2.57. The van der Waals surface area contributed by atoms with E-state index in [-0.39, 0.29) is 6.04 Å². The summed E-state index contributed by atoms with van der Waals surface area (Å²) in [6.07, 6.45) is 5.04. The molecule has 0 saturated heterocycles. The predicted octanol–water partition coefficient (Wildman–Crippen LogP) is 2.82. The van der Waals surface area contributed by atoms with Gasteiger partial charge in [0.25, 0.3) is 0 Å². The molecule has 6 heteroatoms. The first-order valence-electron chi connectivity index (χ1n) is 7.06. The summed E-state index contributed by atoms with van der Waals surface area (Å²) in [6, 6.07) is 7.73. The maximum absolute atomic E-state index is 6.06. The fourth-order valence-corrected chi connectivity index (χ4v) is 2.69. The van der Waals surface area contributed by atoms with Crippen molar-refractivity contribution < 1.29 is 0 Å². The number of benzene rings is 1. The largest absolute Gasteiger partial charge is 0.369 e. The molecule has 0 bridgehead atoms. The molecule has 1 aromatic heterocycles. The quantitative estimate of drug-likeness (QED) is 0.945. The minimum absolute atomic E-state index is 0.0942. The summed E-state index contributed by atoms with van der Waals surface area (Å²) in [7, 11) is 0. The van der Waals surface area contributed by atoms with E-state index in [0.717, 1.165) is 24.2 Å². The Kier molecular flexibility index (Phi) is 3.84. The second kappa shape index (κ2) is 5.77. The van der Waals surface area contributed by atoms with Gasteiger partial charge in [0.2, 0.25) is 0 Å². The second-order valence-electron chi connectivity index (χ2n) is 5.10. The van der Waals surface area contributed by atoms with Crippen LogP contribution in [0.4, 0.5) is 5.69 Å². The minimum Gasteiger partial charge on any atom is -0.369 e. The standard InChI is InChI=1S/C15H18ClN5/c1-2-7-20-10-11(8-19-20)14-9-18-15(17)21(14)13-5-3-12(16)4-6-13/h3-6,8,10,14H,2,7,9H2,1H3,(H2,17,18). The van der Waals surface area contributed by atoms with Crippen LogP contribution in [-0.4, -0.2) is 22.3 Å². The van der Waals surface area contributed by atoms with Gasteiger partial charge in [-0.05, 0) is 30.7 Å². The number of aromatic nitrogens is 2. The lowest BCUT2D eigenvalue weighted by atomic mass is 10.1. The Hall–Kier alpha value is -2.01. The van der Waals surface area contributed by atoms with Gasteiger partial charge in [0, 0.05) is 29.0 Å². The number of hydrogen-bond donors (Lipinski definition) is 1. The van der Waals surface area contributed by atoms with Crippen LogP contribution in [0.2, 0.25) is 5.02 Å². The summed E-state index contributed by atoms with van der Waals surface area (Å²) < 4.78 is 1.96. The highest BCUT2D eigenvalue weighted by Gasteiger charge is 2.29. The molecule has 0 aliphatic carbocycles. The van der Waals surface area contributed by atoms with Crippen molar-refractivity contribution >= 4 is 23.2 Å². The molecule has 0 saturated carbocycles. The van der Waals surface area contributed by atoms with Gasteiger partial charge in [-0.15, -0.1) is 0 Å². The predicted molar refractivity (Wildman–Crippen MR) is 85.7 cm³/mol. The molecule has 0 amide bonds. The van der Waals surface area contributed by atoms with Crippen LogP contribution in [0.1, 0.15) is 24.9 Å². The molecular formula is C15H18ClN5. The molecular weight excluding hydrogens is 286 g/mol. The molecule has 110 valence electrons. The average molecular weight is 304 g/mol. The molecule has 21 heavy (non-hydrogen) atoms. The maximum Gasteiger partial charge on any atom is 0.196 e. The summed E-state index contributed by atoms with van der Waals surface area (Å²) in [5, 5.41) is 5.10. The smallest absolute Gasteiger partial charge is 0.196 e. The van der Waals surface area contributed by atoms with E-state index in [9.17, 15) is 0 Å². The fraction of sp³-hybridized carbons (Fsp3) is 0.333. The topological polar surface area (TPSA) is 59.4 Å². The molecule has 1 aromatic carbocycles. The van der Waals surface area contributed by atoms with Gasteiger partial charge in [-0.1, -0.05) is 18.5 Å². The lowest BCUT2D eigenvalue weighted by Gasteiger charge is -2.25. The molecule has 1 aliphatic heterocycles. The highest BCUT2D eigenvalue weighted by molar-refractivity contribution is 6.30. The molecule has 5 nitrogen and oxygen atoms in total. The summed E-state index contributed by atoms with van der Waals surface area (Å²) in [5.74, 6) is 0.533. The van der Waals surface area contributed by atoms with Crippen molar-refractivity contribution in [3.8, 4) is 0 Å². The highest BCUT2D eigenvalue weighted by Crippen LogP contribution is 2.31. The van der Waals surface area contributed by atoms with Crippen molar-refractivity contribution in [2.45, 2.75) is 25.9 Å². The van der Waals surface area contributed by atoms with Gasteiger partial charge in [-0.2, -0.15) is 5.10 Å². The van der Waals surface area contributed by atoms with Crippen molar-refractivity contribution in [2.75, 3.05) is 11.4 Å². The Bertz CT molecular complexity index is 646. The molecule has 0 fully saturated rings. The molecule has 2 aromatic rings. The van der Waals surface area contributed by atoms with Gasteiger partial charge in [0.15, 0.2) is 5.96 Å². The van der Waals surface area contributed by atoms with E-state index in [1.807, 2.05) is 40.0 Å². The van der Waals surface area contributed by atoms with Gasteiger partial charge < -0.3 is 10.6 Å². The molecule has 0 spiro atoms. The van der Waals surface area contributed by atoms with Crippen LogP contribution in [0.25, 0.3) is 0 Å². The van der Waals surface area contributed by atoms with E-state index in [4.69, 9.17) is 17.3 Å². The molecule has 1 aliphatic rings. The van der Waals surface area contributed by atoms with Crippen molar-refractivity contribution in [1.29, 1.82) is 0 Å². The van der Waals surface area contributed by atoms with Gasteiger partial charge in [-0.25, -0.2) is 0 Å². The number of nitrogens with zero attached hydrogens (tertiary/aromatic N) is 4. The van der Waals surface area contributed by atoms with Crippen LogP contribution < -0.4 is 10.6 Å². The van der Waals surface area contributed by atoms with Crippen molar-refractivity contribution in [3.63, 3.8) is 0 Å². The Morgan fingerprint density at radius 3 is 2.81 bits per heavy atom. The molecule has 0 radical (unpaired) electrons. The first-order chi connectivity index (χ1) is 10.2.